The molecule has 0 amide bonds. The van der Waals surface area contributed by atoms with Crippen LogP contribution in [0.3, 0.4) is 0 Å². The summed E-state index contributed by atoms with van der Waals surface area (Å²) in [5, 5.41) is 24.6. The predicted molar refractivity (Wildman–Crippen MR) is 86.1 cm³/mol. The molecule has 0 unspecified atom stereocenters. The number of aliphatic imine (C=N–C) groups is 1. The van der Waals surface area contributed by atoms with Crippen molar-refractivity contribution < 1.29 is 9.84 Å². The number of nitrogens with one attached hydrogen (secondary N) is 2. The van der Waals surface area contributed by atoms with Crippen LogP contribution in [0.5, 0.6) is 5.75 Å². The van der Waals surface area contributed by atoms with Crippen LogP contribution in [0.25, 0.3) is 0 Å². The molecule has 0 fully saturated rings. The molecule has 1 rings (SSSR count). The third kappa shape index (κ3) is 5.71. The number of nitrogens with zero attached hydrogens (tertiary/aromatic N) is 1. The smallest absolute Gasteiger partial charge is 0.209 e. The van der Waals surface area contributed by atoms with Crippen molar-refractivity contribution in [3.05, 3.63) is 41.5 Å². The summed E-state index contributed by atoms with van der Waals surface area (Å²) in [6, 6.07) is 7.03. The lowest BCUT2D eigenvalue weighted by molar-refractivity contribution is 0.307. The van der Waals surface area contributed by atoms with Crippen LogP contribution in [0.4, 0.5) is 0 Å². The van der Waals surface area contributed by atoms with Gasteiger partial charge in [0.25, 0.3) is 0 Å². The second-order valence-electron chi connectivity index (χ2n) is 4.48. The summed E-state index contributed by atoms with van der Waals surface area (Å²) in [6.07, 6.45) is 3.88. The van der Waals surface area contributed by atoms with Crippen LogP contribution < -0.4 is 4.74 Å². The third-order valence-corrected chi connectivity index (χ3v) is 2.79. The van der Waals surface area contributed by atoms with Crippen LogP contribution in [-0.4, -0.2) is 36.1 Å². The molecule has 0 spiro atoms. The highest BCUT2D eigenvalue weighted by Gasteiger charge is 2.10. The van der Waals surface area contributed by atoms with E-state index in [1.54, 1.807) is 30.5 Å². The van der Waals surface area contributed by atoms with Crippen LogP contribution in [-0.2, 0) is 0 Å². The van der Waals surface area contributed by atoms with E-state index in [0.717, 1.165) is 5.57 Å². The average molecular weight is 287 g/mol. The molecule has 0 saturated heterocycles. The van der Waals surface area contributed by atoms with Gasteiger partial charge in [0.15, 0.2) is 0 Å². The van der Waals surface area contributed by atoms with Gasteiger partial charge >= 0.3 is 0 Å². The summed E-state index contributed by atoms with van der Waals surface area (Å²) in [6.45, 7) is 3.91. The van der Waals surface area contributed by atoms with E-state index in [-0.39, 0.29) is 31.2 Å². The van der Waals surface area contributed by atoms with Gasteiger partial charge in [-0.1, -0.05) is 18.2 Å². The van der Waals surface area contributed by atoms with Gasteiger partial charge in [0.1, 0.15) is 12.3 Å². The fraction of sp³-hybridized carbons (Fsp3) is 0.312. The number of allylic oxidation sites excluding steroid dienone is 2. The van der Waals surface area contributed by atoms with E-state index in [1.807, 2.05) is 19.9 Å². The van der Waals surface area contributed by atoms with Crippen molar-refractivity contribution in [1.29, 1.82) is 10.8 Å². The SMILES string of the molecule is C/C=C(C)\C=N/CC(=N)Oc1ccccc1C(=N)CCO. The van der Waals surface area contributed by atoms with Gasteiger partial charge < -0.3 is 15.3 Å². The molecule has 0 heterocycles. The minimum absolute atomic E-state index is 0.0133. The molecule has 3 N–H and O–H groups in total. The van der Waals surface area contributed by atoms with Gasteiger partial charge in [-0.15, -0.1) is 0 Å². The second kappa shape index (κ2) is 8.81. The highest BCUT2D eigenvalue weighted by Crippen LogP contribution is 2.19. The van der Waals surface area contributed by atoms with E-state index in [1.165, 1.54) is 0 Å². The van der Waals surface area contributed by atoms with Crippen molar-refractivity contribution in [3.8, 4) is 5.75 Å². The maximum Gasteiger partial charge on any atom is 0.209 e. The van der Waals surface area contributed by atoms with E-state index < -0.39 is 0 Å². The molecular weight excluding hydrogens is 266 g/mol. The largest absolute Gasteiger partial charge is 0.441 e. The summed E-state index contributed by atoms with van der Waals surface area (Å²) in [7, 11) is 0. The number of para-hydroxylation sites is 1. The summed E-state index contributed by atoms with van der Waals surface area (Å²) in [4.78, 5) is 4.11. The average Bonchev–Trinajstić information content (AvgIpc) is 2.47. The van der Waals surface area contributed by atoms with Gasteiger partial charge in [-0.25, -0.2) is 0 Å². The Kier molecular flexibility index (Phi) is 7.04. The Morgan fingerprint density at radius 1 is 1.33 bits per heavy atom. The predicted octanol–water partition coefficient (Wildman–Crippen LogP) is 2.83. The fourth-order valence-electron chi connectivity index (χ4n) is 1.56. The molecule has 21 heavy (non-hydrogen) atoms. The molecule has 112 valence electrons. The van der Waals surface area contributed by atoms with Crippen LogP contribution in [0.1, 0.15) is 25.8 Å². The summed E-state index contributed by atoms with van der Waals surface area (Å²) in [5.74, 6) is 0.457. The van der Waals surface area contributed by atoms with Crippen molar-refractivity contribution in [1.82, 2.24) is 0 Å². The molecule has 1 aromatic rings. The Balaban J connectivity index is 2.72. The number of hydrogen-bond acceptors (Lipinski definition) is 5. The first-order chi connectivity index (χ1) is 10.1. The Morgan fingerprint density at radius 2 is 2.05 bits per heavy atom. The second-order valence-corrected chi connectivity index (χ2v) is 4.48. The third-order valence-electron chi connectivity index (χ3n) is 2.79. The normalized spacial score (nSPS) is 11.7. The minimum atomic E-state index is -0.0858. The fourth-order valence-corrected chi connectivity index (χ4v) is 1.56. The molecule has 0 aliphatic carbocycles. The zero-order chi connectivity index (χ0) is 15.7. The lowest BCUT2D eigenvalue weighted by Gasteiger charge is -2.11. The molecule has 0 radical (unpaired) electrons. The Bertz CT molecular complexity index is 562. The van der Waals surface area contributed by atoms with E-state index in [9.17, 15) is 0 Å². The summed E-state index contributed by atoms with van der Waals surface area (Å²) < 4.78 is 5.46. The Labute approximate surface area is 125 Å². The lowest BCUT2D eigenvalue weighted by Crippen LogP contribution is -2.13. The highest BCUT2D eigenvalue weighted by atomic mass is 16.5. The van der Waals surface area contributed by atoms with Crippen LogP contribution >= 0.6 is 0 Å². The quantitative estimate of drug-likeness (QED) is 0.531. The number of aliphatic hydroxyl groups excluding tert-OH is 1. The first kappa shape index (κ1) is 16.8. The number of aliphatic hydroxyl groups is 1. The highest BCUT2D eigenvalue weighted by molar-refractivity contribution is 6.01. The van der Waals surface area contributed by atoms with Gasteiger partial charge in [-0.3, -0.25) is 10.4 Å². The van der Waals surface area contributed by atoms with Crippen molar-refractivity contribution in [3.63, 3.8) is 0 Å². The first-order valence-electron chi connectivity index (χ1n) is 6.74. The first-order valence-corrected chi connectivity index (χ1v) is 6.74. The number of rotatable bonds is 7. The van der Waals surface area contributed by atoms with Crippen molar-refractivity contribution >= 4 is 17.8 Å². The molecule has 0 aliphatic rings. The lowest BCUT2D eigenvalue weighted by atomic mass is 10.1. The van der Waals surface area contributed by atoms with E-state index in [2.05, 4.69) is 4.99 Å². The van der Waals surface area contributed by atoms with Gasteiger partial charge in [0.05, 0.1) is 0 Å². The van der Waals surface area contributed by atoms with Crippen LogP contribution in [0.15, 0.2) is 40.9 Å². The molecule has 1 aromatic carbocycles. The van der Waals surface area contributed by atoms with Crippen molar-refractivity contribution in [2.45, 2.75) is 20.3 Å². The zero-order valence-electron chi connectivity index (χ0n) is 12.4. The number of benzene rings is 1. The van der Waals surface area contributed by atoms with E-state index in [0.29, 0.717) is 11.3 Å². The van der Waals surface area contributed by atoms with Gasteiger partial charge in [-0.2, -0.15) is 0 Å². The summed E-state index contributed by atoms with van der Waals surface area (Å²) >= 11 is 0. The maximum absolute atomic E-state index is 8.91. The molecule has 0 aliphatic heterocycles. The monoisotopic (exact) mass is 287 g/mol. The molecule has 5 heteroatoms. The molecule has 0 atom stereocenters. The number of ether oxygens (including phenoxy) is 1. The van der Waals surface area contributed by atoms with Crippen molar-refractivity contribution in [2.75, 3.05) is 13.2 Å². The van der Waals surface area contributed by atoms with Gasteiger partial charge in [-0.05, 0) is 31.6 Å². The van der Waals surface area contributed by atoms with Crippen molar-refractivity contribution in [2.24, 2.45) is 4.99 Å². The summed E-state index contributed by atoms with van der Waals surface area (Å²) in [5.41, 5.74) is 1.90. The van der Waals surface area contributed by atoms with Gasteiger partial charge in [0, 0.05) is 30.5 Å². The minimum Gasteiger partial charge on any atom is -0.441 e. The molecular formula is C16H21N3O2. The van der Waals surface area contributed by atoms with Gasteiger partial charge in [0.2, 0.25) is 5.90 Å². The Hall–Kier alpha value is -2.27. The molecule has 0 saturated carbocycles. The van der Waals surface area contributed by atoms with Crippen LogP contribution in [0, 0.1) is 10.8 Å². The molecule has 0 aromatic heterocycles. The maximum atomic E-state index is 8.91. The molecule has 0 bridgehead atoms. The Morgan fingerprint density at radius 3 is 2.71 bits per heavy atom. The topological polar surface area (TPSA) is 89.5 Å². The molecule has 5 nitrogen and oxygen atoms in total. The van der Waals surface area contributed by atoms with E-state index >= 15 is 0 Å². The number of hydrogen-bond donors (Lipinski definition) is 3. The van der Waals surface area contributed by atoms with Crippen LogP contribution in [0.2, 0.25) is 0 Å². The standard InChI is InChI=1S/C16H21N3O2/c1-3-12(2)10-19-11-16(18)21-15-7-5-4-6-13(15)14(17)8-9-20/h3-7,10,17-18,20H,8-9,11H2,1-2H3/b12-3-,17-14?,18-16?,19-10-. The zero-order valence-corrected chi connectivity index (χ0v) is 12.4. The van der Waals surface area contributed by atoms with E-state index in [4.69, 9.17) is 20.7 Å².